The van der Waals surface area contributed by atoms with Crippen LogP contribution in [0.15, 0.2) is 0 Å². The van der Waals surface area contributed by atoms with Gasteiger partial charge in [0.25, 0.3) is 0 Å². The van der Waals surface area contributed by atoms with Gasteiger partial charge in [-0.2, -0.15) is 0 Å². The minimum absolute atomic E-state index is 0.213. The Labute approximate surface area is 152 Å². The van der Waals surface area contributed by atoms with Crippen LogP contribution in [0.25, 0.3) is 0 Å². The molecule has 1 rings (SSSR count). The summed E-state index contributed by atoms with van der Waals surface area (Å²) >= 11 is 0. The van der Waals surface area contributed by atoms with Crippen LogP contribution >= 0.6 is 0 Å². The lowest BCUT2D eigenvalue weighted by atomic mass is 9.77. The highest BCUT2D eigenvalue weighted by atomic mass is 16.6. The predicted octanol–water partition coefficient (Wildman–Crippen LogP) is 3.47. The number of carbonyl (C=O) groups excluding carboxylic acids is 2. The second-order valence-corrected chi connectivity index (χ2v) is 9.33. The fraction of sp³-hybridized carbons (Fsp3) is 0.895. The highest BCUT2D eigenvalue weighted by Gasteiger charge is 2.35. The summed E-state index contributed by atoms with van der Waals surface area (Å²) in [6.07, 6.45) is 2.27. The van der Waals surface area contributed by atoms with Crippen LogP contribution in [0.5, 0.6) is 0 Å². The summed E-state index contributed by atoms with van der Waals surface area (Å²) in [5, 5.41) is 0. The Morgan fingerprint density at radius 1 is 0.960 bits per heavy atom. The molecule has 0 bridgehead atoms. The lowest BCUT2D eigenvalue weighted by molar-refractivity contribution is -0.155. The monoisotopic (exact) mass is 356 g/mol. The SMILES string of the molecule is CC(C)(C)OC(=O)CCC(C)(N)C1CCN(C(=O)OC(C)(C)C)CC1. The number of amides is 1. The van der Waals surface area contributed by atoms with E-state index in [-0.39, 0.29) is 18.0 Å². The van der Waals surface area contributed by atoms with Crippen molar-refractivity contribution in [3.8, 4) is 0 Å². The van der Waals surface area contributed by atoms with Crippen LogP contribution in [0.2, 0.25) is 0 Å². The van der Waals surface area contributed by atoms with E-state index in [1.54, 1.807) is 4.90 Å². The average molecular weight is 357 g/mol. The molecule has 0 aromatic carbocycles. The second kappa shape index (κ2) is 7.94. The molecule has 1 unspecified atom stereocenters. The first-order chi connectivity index (χ1) is 11.2. The Morgan fingerprint density at radius 3 is 1.88 bits per heavy atom. The van der Waals surface area contributed by atoms with Crippen molar-refractivity contribution in [2.45, 2.75) is 90.9 Å². The number of nitrogens with two attached hydrogens (primary N) is 1. The lowest BCUT2D eigenvalue weighted by Crippen LogP contribution is -2.51. The number of likely N-dealkylation sites (tertiary alicyclic amines) is 1. The van der Waals surface area contributed by atoms with Crippen molar-refractivity contribution in [3.63, 3.8) is 0 Å². The molecule has 146 valence electrons. The van der Waals surface area contributed by atoms with Gasteiger partial charge in [-0.3, -0.25) is 4.79 Å². The fourth-order valence-corrected chi connectivity index (χ4v) is 3.02. The summed E-state index contributed by atoms with van der Waals surface area (Å²) in [6.45, 7) is 14.4. The number of esters is 1. The van der Waals surface area contributed by atoms with Crippen molar-refractivity contribution in [3.05, 3.63) is 0 Å². The van der Waals surface area contributed by atoms with Crippen LogP contribution in [-0.2, 0) is 14.3 Å². The van der Waals surface area contributed by atoms with Crippen LogP contribution in [0, 0.1) is 5.92 Å². The normalized spacial score (nSPS) is 19.3. The van der Waals surface area contributed by atoms with Gasteiger partial charge in [0.05, 0.1) is 0 Å². The van der Waals surface area contributed by atoms with E-state index in [2.05, 4.69) is 0 Å². The number of carbonyl (C=O) groups is 2. The van der Waals surface area contributed by atoms with E-state index in [0.717, 1.165) is 12.8 Å². The van der Waals surface area contributed by atoms with Gasteiger partial charge in [-0.1, -0.05) is 0 Å². The van der Waals surface area contributed by atoms with Gasteiger partial charge in [-0.05, 0) is 73.6 Å². The maximum absolute atomic E-state index is 12.1. The van der Waals surface area contributed by atoms with Crippen molar-refractivity contribution < 1.29 is 19.1 Å². The molecular formula is C19H36N2O4. The summed E-state index contributed by atoms with van der Waals surface area (Å²) < 4.78 is 10.8. The van der Waals surface area contributed by atoms with E-state index in [4.69, 9.17) is 15.2 Å². The molecule has 2 N–H and O–H groups in total. The van der Waals surface area contributed by atoms with Crippen LogP contribution < -0.4 is 5.73 Å². The molecule has 0 aromatic heterocycles. The molecule has 0 aromatic rings. The third-order valence-electron chi connectivity index (χ3n) is 4.37. The summed E-state index contributed by atoms with van der Waals surface area (Å²) in [5.74, 6) is 0.0592. The van der Waals surface area contributed by atoms with Gasteiger partial charge in [0.15, 0.2) is 0 Å². The number of piperidine rings is 1. The average Bonchev–Trinajstić information content (AvgIpc) is 2.42. The first-order valence-electron chi connectivity index (χ1n) is 9.18. The number of nitrogens with zero attached hydrogens (tertiary/aromatic N) is 1. The van der Waals surface area contributed by atoms with Crippen LogP contribution in [0.1, 0.15) is 74.1 Å². The lowest BCUT2D eigenvalue weighted by Gasteiger charge is -2.40. The second-order valence-electron chi connectivity index (χ2n) is 9.33. The molecule has 6 nitrogen and oxygen atoms in total. The quantitative estimate of drug-likeness (QED) is 0.780. The Bertz CT molecular complexity index is 467. The Hall–Kier alpha value is -1.30. The maximum Gasteiger partial charge on any atom is 0.410 e. The van der Waals surface area contributed by atoms with Gasteiger partial charge < -0.3 is 20.1 Å². The first-order valence-corrected chi connectivity index (χ1v) is 9.18. The third kappa shape index (κ3) is 8.08. The minimum atomic E-state index is -0.482. The number of hydrogen-bond donors (Lipinski definition) is 1. The zero-order valence-corrected chi connectivity index (χ0v) is 17.0. The van der Waals surface area contributed by atoms with Crippen molar-refractivity contribution in [2.75, 3.05) is 13.1 Å². The highest BCUT2D eigenvalue weighted by Crippen LogP contribution is 2.30. The molecular weight excluding hydrogens is 320 g/mol. The van der Waals surface area contributed by atoms with Gasteiger partial charge in [0.2, 0.25) is 0 Å². The molecule has 0 radical (unpaired) electrons. The Balaban J connectivity index is 2.47. The molecule has 1 atom stereocenters. The van der Waals surface area contributed by atoms with E-state index in [9.17, 15) is 9.59 Å². The zero-order chi connectivity index (χ0) is 19.5. The summed E-state index contributed by atoms with van der Waals surface area (Å²) in [4.78, 5) is 25.8. The molecule has 1 heterocycles. The maximum atomic E-state index is 12.1. The summed E-state index contributed by atoms with van der Waals surface area (Å²) in [6, 6.07) is 0. The predicted molar refractivity (Wildman–Crippen MR) is 98.2 cm³/mol. The van der Waals surface area contributed by atoms with Crippen molar-refractivity contribution >= 4 is 12.1 Å². The Kier molecular flexibility index (Phi) is 6.90. The Morgan fingerprint density at radius 2 is 1.44 bits per heavy atom. The van der Waals surface area contributed by atoms with E-state index in [0.29, 0.717) is 25.9 Å². The van der Waals surface area contributed by atoms with E-state index >= 15 is 0 Å². The molecule has 1 aliphatic heterocycles. The van der Waals surface area contributed by atoms with Gasteiger partial charge in [0, 0.05) is 25.0 Å². The molecule has 0 spiro atoms. The van der Waals surface area contributed by atoms with E-state index < -0.39 is 16.7 Å². The van der Waals surface area contributed by atoms with Crippen LogP contribution in [-0.4, -0.2) is 46.8 Å². The highest BCUT2D eigenvalue weighted by molar-refractivity contribution is 5.70. The van der Waals surface area contributed by atoms with Gasteiger partial charge in [-0.25, -0.2) is 4.79 Å². The van der Waals surface area contributed by atoms with Crippen LogP contribution in [0.4, 0.5) is 4.79 Å². The molecule has 0 aliphatic carbocycles. The summed E-state index contributed by atoms with van der Waals surface area (Å²) in [5.41, 5.74) is 5.08. The fourth-order valence-electron chi connectivity index (χ4n) is 3.02. The number of ether oxygens (including phenoxy) is 2. The topological polar surface area (TPSA) is 81.9 Å². The van der Waals surface area contributed by atoms with E-state index in [1.165, 1.54) is 0 Å². The summed E-state index contributed by atoms with van der Waals surface area (Å²) in [7, 11) is 0. The molecule has 25 heavy (non-hydrogen) atoms. The number of rotatable bonds is 4. The molecule has 1 amide bonds. The van der Waals surface area contributed by atoms with Crippen molar-refractivity contribution in [1.82, 2.24) is 4.90 Å². The van der Waals surface area contributed by atoms with Crippen molar-refractivity contribution in [2.24, 2.45) is 11.7 Å². The third-order valence-corrected chi connectivity index (χ3v) is 4.37. The zero-order valence-electron chi connectivity index (χ0n) is 17.0. The smallest absolute Gasteiger partial charge is 0.410 e. The van der Waals surface area contributed by atoms with Crippen molar-refractivity contribution in [1.29, 1.82) is 0 Å². The van der Waals surface area contributed by atoms with Gasteiger partial charge in [-0.15, -0.1) is 0 Å². The van der Waals surface area contributed by atoms with Crippen LogP contribution in [0.3, 0.4) is 0 Å². The molecule has 1 fully saturated rings. The van der Waals surface area contributed by atoms with Gasteiger partial charge in [0.1, 0.15) is 11.2 Å². The molecule has 1 aliphatic rings. The molecule has 6 heteroatoms. The largest absolute Gasteiger partial charge is 0.460 e. The molecule has 0 saturated carbocycles. The van der Waals surface area contributed by atoms with E-state index in [1.807, 2.05) is 48.5 Å². The molecule has 1 saturated heterocycles. The first kappa shape index (κ1) is 21.7. The number of hydrogen-bond acceptors (Lipinski definition) is 5. The standard InChI is InChI=1S/C19H36N2O4/c1-17(2,3)24-15(22)8-11-19(7,20)14-9-12-21(13-10-14)16(23)25-18(4,5)6/h14H,8-13,20H2,1-7H3. The minimum Gasteiger partial charge on any atom is -0.460 e. The van der Waals surface area contributed by atoms with Gasteiger partial charge >= 0.3 is 12.1 Å².